The van der Waals surface area contributed by atoms with Crippen molar-refractivity contribution in [1.82, 2.24) is 0 Å². The van der Waals surface area contributed by atoms with Crippen molar-refractivity contribution in [1.29, 1.82) is 0 Å². The molecule has 0 aliphatic carbocycles. The fraction of sp³-hybridized carbons (Fsp3) is 0. The monoisotopic (exact) mass is 378 g/mol. The van der Waals surface area contributed by atoms with Gasteiger partial charge in [0.2, 0.25) is 0 Å². The molecule has 0 amide bonds. The Morgan fingerprint density at radius 3 is 1.38 bits per heavy atom. The zero-order chi connectivity index (χ0) is 17.8. The van der Waals surface area contributed by atoms with E-state index in [2.05, 4.69) is 0 Å². The van der Waals surface area contributed by atoms with Gasteiger partial charge in [0, 0.05) is 11.1 Å². The zero-order valence-electron chi connectivity index (χ0n) is 13.6. The first kappa shape index (κ1) is 16.6. The number of hydrogen-bond acceptors (Lipinski definition) is 5. The van der Waals surface area contributed by atoms with Crippen molar-refractivity contribution in [2.45, 2.75) is 0 Å². The summed E-state index contributed by atoms with van der Waals surface area (Å²) in [5, 5.41) is 5.56. The van der Waals surface area contributed by atoms with Crippen molar-refractivity contribution >= 4 is 28.5 Å². The lowest BCUT2D eigenvalue weighted by Crippen LogP contribution is -2.00. The molecule has 0 saturated carbocycles. The molecule has 0 aliphatic rings. The van der Waals surface area contributed by atoms with Gasteiger partial charge >= 0.3 is 0 Å². The zero-order valence-corrected chi connectivity index (χ0v) is 15.3. The molecule has 0 radical (unpaired) electrons. The van der Waals surface area contributed by atoms with Gasteiger partial charge in [-0.15, -0.1) is 22.7 Å². The van der Waals surface area contributed by atoms with E-state index in [1.54, 1.807) is 48.5 Å². The van der Waals surface area contributed by atoms with Crippen molar-refractivity contribution < 1.29 is 14.3 Å². The maximum Gasteiger partial charge on any atom is 0.193 e. The summed E-state index contributed by atoms with van der Waals surface area (Å²) >= 11 is 3.05. The maximum atomic E-state index is 12.6. The number of rotatable bonds is 6. The molecule has 0 aliphatic heterocycles. The number of ketones is 1. The van der Waals surface area contributed by atoms with Crippen LogP contribution in [0.4, 0.5) is 0 Å². The second kappa shape index (κ2) is 7.56. The molecule has 2 aromatic carbocycles. The summed E-state index contributed by atoms with van der Waals surface area (Å²) in [6, 6.07) is 22.0. The van der Waals surface area contributed by atoms with Gasteiger partial charge in [-0.25, -0.2) is 0 Å². The summed E-state index contributed by atoms with van der Waals surface area (Å²) in [7, 11) is 0. The van der Waals surface area contributed by atoms with Crippen LogP contribution in [0.5, 0.6) is 21.6 Å². The summed E-state index contributed by atoms with van der Waals surface area (Å²) in [5.74, 6) is 1.39. The van der Waals surface area contributed by atoms with E-state index >= 15 is 0 Å². The Labute approximate surface area is 159 Å². The molecule has 0 unspecified atom stereocenters. The predicted octanol–water partition coefficient (Wildman–Crippen LogP) is 6.63. The minimum absolute atomic E-state index is 0.0321. The molecular formula is C21H14O3S2. The fourth-order valence-electron chi connectivity index (χ4n) is 2.39. The summed E-state index contributed by atoms with van der Waals surface area (Å²) in [6.07, 6.45) is 0. The highest BCUT2D eigenvalue weighted by atomic mass is 32.1. The molecule has 0 saturated heterocycles. The Morgan fingerprint density at radius 2 is 1.04 bits per heavy atom. The molecule has 0 spiro atoms. The molecule has 3 nitrogen and oxygen atoms in total. The molecule has 128 valence electrons. The molecule has 0 fully saturated rings. The van der Waals surface area contributed by atoms with E-state index in [4.69, 9.17) is 9.47 Å². The topological polar surface area (TPSA) is 35.5 Å². The lowest BCUT2D eigenvalue weighted by atomic mass is 10.0. The van der Waals surface area contributed by atoms with Crippen molar-refractivity contribution in [3.05, 3.63) is 94.7 Å². The number of carbonyl (C=O) groups excluding carboxylic acids is 1. The lowest BCUT2D eigenvalue weighted by molar-refractivity contribution is 0.103. The molecule has 2 heterocycles. The minimum atomic E-state index is -0.0321. The number of ether oxygens (including phenoxy) is 2. The van der Waals surface area contributed by atoms with Gasteiger partial charge < -0.3 is 9.47 Å². The average Bonchev–Trinajstić information content (AvgIpc) is 3.37. The van der Waals surface area contributed by atoms with Gasteiger partial charge in [-0.3, -0.25) is 4.79 Å². The fourth-order valence-corrected chi connectivity index (χ4v) is 3.58. The van der Waals surface area contributed by atoms with Crippen molar-refractivity contribution in [2.24, 2.45) is 0 Å². The average molecular weight is 378 g/mol. The second-order valence-electron chi connectivity index (χ2n) is 5.45. The van der Waals surface area contributed by atoms with E-state index in [0.717, 1.165) is 10.1 Å². The van der Waals surface area contributed by atoms with Gasteiger partial charge in [-0.1, -0.05) is 0 Å². The Bertz CT molecular complexity index is 889. The highest BCUT2D eigenvalue weighted by molar-refractivity contribution is 7.12. The number of thiophene rings is 2. The van der Waals surface area contributed by atoms with Gasteiger partial charge in [0.15, 0.2) is 15.9 Å². The number of carbonyl (C=O) groups is 1. The summed E-state index contributed by atoms with van der Waals surface area (Å²) < 4.78 is 11.4. The second-order valence-corrected chi connectivity index (χ2v) is 7.27. The Balaban J connectivity index is 1.45. The Hall–Kier alpha value is -2.89. The highest BCUT2D eigenvalue weighted by Crippen LogP contribution is 2.28. The molecule has 0 atom stereocenters. The van der Waals surface area contributed by atoms with E-state index < -0.39 is 0 Å². The quantitative estimate of drug-likeness (QED) is 0.353. The van der Waals surface area contributed by atoms with Crippen LogP contribution < -0.4 is 9.47 Å². The van der Waals surface area contributed by atoms with Gasteiger partial charge in [0.1, 0.15) is 11.5 Å². The third-order valence-corrected chi connectivity index (χ3v) is 5.15. The standard InChI is InChI=1S/C21H14O3S2/c22-21(15-5-9-17(10-6-15)23-19-3-1-13-25-19)16-7-11-18(12-8-16)24-20-4-2-14-26-20/h1-14H. The molecule has 0 N–H and O–H groups in total. The van der Waals surface area contributed by atoms with Crippen LogP contribution in [-0.4, -0.2) is 5.78 Å². The van der Waals surface area contributed by atoms with E-state index in [0.29, 0.717) is 22.6 Å². The first-order valence-electron chi connectivity index (χ1n) is 7.95. The van der Waals surface area contributed by atoms with Crippen LogP contribution >= 0.6 is 22.7 Å². The summed E-state index contributed by atoms with van der Waals surface area (Å²) in [5.41, 5.74) is 1.24. The molecule has 5 heteroatoms. The first-order valence-corrected chi connectivity index (χ1v) is 9.71. The maximum absolute atomic E-state index is 12.6. The van der Waals surface area contributed by atoms with E-state index in [1.807, 2.05) is 35.0 Å². The first-order chi connectivity index (χ1) is 12.8. The van der Waals surface area contributed by atoms with Crippen LogP contribution in [0, 0.1) is 0 Å². The van der Waals surface area contributed by atoms with Crippen LogP contribution in [0.15, 0.2) is 83.6 Å². The number of hydrogen-bond donors (Lipinski definition) is 0. The van der Waals surface area contributed by atoms with Gasteiger partial charge in [0.05, 0.1) is 0 Å². The van der Waals surface area contributed by atoms with Crippen molar-refractivity contribution in [3.8, 4) is 21.6 Å². The largest absolute Gasteiger partial charge is 0.447 e. The molecule has 4 rings (SSSR count). The summed E-state index contributed by atoms with van der Waals surface area (Å²) in [6.45, 7) is 0. The molecular weight excluding hydrogens is 364 g/mol. The van der Waals surface area contributed by atoms with Crippen molar-refractivity contribution in [2.75, 3.05) is 0 Å². The normalized spacial score (nSPS) is 10.5. The van der Waals surface area contributed by atoms with E-state index in [9.17, 15) is 4.79 Å². The van der Waals surface area contributed by atoms with Gasteiger partial charge in [-0.2, -0.15) is 0 Å². The van der Waals surface area contributed by atoms with Crippen LogP contribution in [0.3, 0.4) is 0 Å². The van der Waals surface area contributed by atoms with Crippen LogP contribution in [0.1, 0.15) is 15.9 Å². The molecule has 26 heavy (non-hydrogen) atoms. The minimum Gasteiger partial charge on any atom is -0.447 e. The smallest absolute Gasteiger partial charge is 0.193 e. The molecule has 0 bridgehead atoms. The van der Waals surface area contributed by atoms with Crippen LogP contribution in [-0.2, 0) is 0 Å². The lowest BCUT2D eigenvalue weighted by Gasteiger charge is -2.06. The van der Waals surface area contributed by atoms with Crippen LogP contribution in [0.25, 0.3) is 0 Å². The Morgan fingerprint density at radius 1 is 0.615 bits per heavy atom. The van der Waals surface area contributed by atoms with Crippen molar-refractivity contribution in [3.63, 3.8) is 0 Å². The SMILES string of the molecule is O=C(c1ccc(Oc2cccs2)cc1)c1ccc(Oc2cccs2)cc1. The third-order valence-electron chi connectivity index (χ3n) is 3.66. The highest BCUT2D eigenvalue weighted by Gasteiger charge is 2.10. The van der Waals surface area contributed by atoms with Crippen LogP contribution in [0.2, 0.25) is 0 Å². The van der Waals surface area contributed by atoms with E-state index in [1.165, 1.54) is 22.7 Å². The van der Waals surface area contributed by atoms with E-state index in [-0.39, 0.29) is 5.78 Å². The molecule has 2 aromatic heterocycles. The van der Waals surface area contributed by atoms with Gasteiger partial charge in [-0.05, 0) is 83.6 Å². The Kier molecular flexibility index (Phi) is 4.82. The molecule has 4 aromatic rings. The predicted molar refractivity (Wildman–Crippen MR) is 105 cm³/mol. The number of benzene rings is 2. The third kappa shape index (κ3) is 3.85. The summed E-state index contributed by atoms with van der Waals surface area (Å²) in [4.78, 5) is 12.6. The van der Waals surface area contributed by atoms with Gasteiger partial charge in [0.25, 0.3) is 0 Å².